The average molecular weight is 1230 g/mol. The number of halogens is 12. The number of carbonyl (C=O) groups excluding carboxylic acids is 3. The van der Waals surface area contributed by atoms with E-state index in [1.807, 2.05) is 82.3 Å². The predicted octanol–water partition coefficient (Wildman–Crippen LogP) is 16.0. The first-order valence-electron chi connectivity index (χ1n) is 27.3. The number of carbonyl (C=O) groups is 1. The summed E-state index contributed by atoms with van der Waals surface area (Å²) in [5.74, 6) is 6.37. The van der Waals surface area contributed by atoms with Gasteiger partial charge in [-0.3, -0.25) is 14.8 Å². The van der Waals surface area contributed by atoms with E-state index in [2.05, 4.69) is 64.3 Å². The molecule has 0 amide bonds. The third-order valence-electron chi connectivity index (χ3n) is 15.4. The number of ether oxygens (including phenoxy) is 3. The van der Waals surface area contributed by atoms with Crippen LogP contribution < -0.4 is 0 Å². The molecule has 0 aliphatic carbocycles. The molecule has 21 heteroatoms. The number of benzene rings is 4. The summed E-state index contributed by atoms with van der Waals surface area (Å²) in [6.45, 7) is 16.6. The zero-order chi connectivity index (χ0) is 65.4. The molecule has 87 heavy (non-hydrogen) atoms. The molecule has 0 saturated heterocycles. The van der Waals surface area contributed by atoms with E-state index in [1.54, 1.807) is 44.3 Å². The van der Waals surface area contributed by atoms with Gasteiger partial charge in [-0.25, -0.2) is 0 Å². The van der Waals surface area contributed by atoms with E-state index in [9.17, 15) is 62.6 Å². The van der Waals surface area contributed by atoms with Crippen LogP contribution in [0.2, 0.25) is 0 Å². The molecule has 0 aliphatic rings. The highest BCUT2D eigenvalue weighted by Gasteiger charge is 2.73. The van der Waals surface area contributed by atoms with Crippen LogP contribution in [0.25, 0.3) is 22.5 Å². The number of hydrogen-bond donors (Lipinski definition) is 1. The number of nitrogens with zero attached hydrogens (tertiary/aromatic N) is 2. The van der Waals surface area contributed by atoms with Crippen molar-refractivity contribution in [3.8, 4) is 46.2 Å². The Balaban J connectivity index is 0.000000357. The van der Waals surface area contributed by atoms with Crippen LogP contribution in [0, 0.1) is 51.4 Å². The summed E-state index contributed by atoms with van der Waals surface area (Å²) in [7, 11) is 0.929. The van der Waals surface area contributed by atoms with Crippen molar-refractivity contribution in [3.05, 3.63) is 176 Å². The van der Waals surface area contributed by atoms with Gasteiger partial charge in [0.15, 0.2) is 0 Å². The Kier molecular flexibility index (Phi) is 24.5. The Morgan fingerprint density at radius 3 is 1.21 bits per heavy atom. The zero-order valence-corrected chi connectivity index (χ0v) is 49.5. The van der Waals surface area contributed by atoms with Crippen LogP contribution >= 0.6 is 0 Å². The number of rotatable bonds is 18. The van der Waals surface area contributed by atoms with Gasteiger partial charge in [0.05, 0.1) is 11.4 Å². The number of methoxy groups -OCH3 is 1. The summed E-state index contributed by atoms with van der Waals surface area (Å²) in [6.07, 6.45) is -15.2. The molecular weight excluding hydrogens is 1160 g/mol. The molecule has 0 fully saturated rings. The minimum atomic E-state index is -6.02. The number of aromatic nitrogens is 2. The Morgan fingerprint density at radius 2 is 0.897 bits per heavy atom. The second kappa shape index (κ2) is 29.7. The highest BCUT2D eigenvalue weighted by molar-refractivity contribution is 5.66. The van der Waals surface area contributed by atoms with Gasteiger partial charge in [-0.1, -0.05) is 126 Å². The van der Waals surface area contributed by atoms with Gasteiger partial charge in [0.2, 0.25) is 0 Å². The third kappa shape index (κ3) is 16.0. The van der Waals surface area contributed by atoms with E-state index in [0.717, 1.165) is 87.3 Å². The van der Waals surface area contributed by atoms with E-state index in [0.29, 0.717) is 43.3 Å². The topological polar surface area (TPSA) is 125 Å². The molecular formula is C66H66F12N2O7. The SMILES string of the molecule is CCC(CC)(c1ccc(C#CC(O)(C(F)(F)F)C(F)(F)F)c(C)c1)c1ccc(-c2ccc(COC=O)cn2)c(C)c1.CCCc1ccc(-c2ccc(C(CC)(CC)c3ccc(C#CC(OCOC)(C(F)(F)F)C(F)(F)F)c(C)c3)cc2C)nc1.O=C=O. The molecule has 0 radical (unpaired) electrons. The van der Waals surface area contributed by atoms with Gasteiger partial charge in [-0.05, 0) is 146 Å². The van der Waals surface area contributed by atoms with Crippen molar-refractivity contribution in [3.63, 3.8) is 0 Å². The Bertz CT molecular complexity index is 3420. The first kappa shape index (κ1) is 71.7. The second-order valence-corrected chi connectivity index (χ2v) is 20.5. The molecule has 6 aromatic rings. The predicted molar refractivity (Wildman–Crippen MR) is 302 cm³/mol. The maximum atomic E-state index is 13.7. The summed E-state index contributed by atoms with van der Waals surface area (Å²) in [4.78, 5) is 35.8. The van der Waals surface area contributed by atoms with Crippen LogP contribution in [-0.2, 0) is 52.5 Å². The van der Waals surface area contributed by atoms with E-state index >= 15 is 0 Å². The van der Waals surface area contributed by atoms with Gasteiger partial charge in [0, 0.05) is 58.2 Å². The monoisotopic (exact) mass is 1230 g/mol. The van der Waals surface area contributed by atoms with Crippen molar-refractivity contribution in [2.75, 3.05) is 13.9 Å². The molecule has 466 valence electrons. The van der Waals surface area contributed by atoms with Gasteiger partial charge < -0.3 is 19.3 Å². The minimum Gasteiger partial charge on any atom is -0.463 e. The summed E-state index contributed by atoms with van der Waals surface area (Å²) in [6, 6.07) is 29.7. The van der Waals surface area contributed by atoms with E-state index in [-0.39, 0.29) is 23.9 Å². The maximum Gasteiger partial charge on any atom is 0.438 e. The van der Waals surface area contributed by atoms with E-state index in [4.69, 9.17) is 14.3 Å². The first-order chi connectivity index (χ1) is 40.7. The largest absolute Gasteiger partial charge is 0.463 e. The van der Waals surface area contributed by atoms with Crippen molar-refractivity contribution >= 4 is 12.6 Å². The number of pyridine rings is 2. The highest BCUT2D eigenvalue weighted by Crippen LogP contribution is 2.47. The van der Waals surface area contributed by atoms with Crippen LogP contribution in [0.4, 0.5) is 52.7 Å². The van der Waals surface area contributed by atoms with Gasteiger partial charge in [0.25, 0.3) is 6.47 Å². The summed E-state index contributed by atoms with van der Waals surface area (Å²) >= 11 is 0. The van der Waals surface area contributed by atoms with Crippen LogP contribution in [0.5, 0.6) is 0 Å². The molecule has 0 spiro atoms. The normalized spacial score (nSPS) is 12.2. The Labute approximate surface area is 497 Å². The van der Waals surface area contributed by atoms with Crippen molar-refractivity contribution in [1.82, 2.24) is 9.97 Å². The average Bonchev–Trinajstić information content (AvgIpc) is 0.897. The van der Waals surface area contributed by atoms with Crippen LogP contribution in [0.3, 0.4) is 0 Å². The van der Waals surface area contributed by atoms with Crippen molar-refractivity contribution < 1.29 is 86.4 Å². The minimum absolute atomic E-state index is 0.0351. The van der Waals surface area contributed by atoms with Gasteiger partial charge in [-0.15, -0.1) is 0 Å². The number of alkyl halides is 12. The van der Waals surface area contributed by atoms with Crippen molar-refractivity contribution in [2.45, 2.75) is 154 Å². The molecule has 0 saturated carbocycles. The van der Waals surface area contributed by atoms with Crippen LogP contribution in [0.1, 0.15) is 133 Å². The molecule has 0 atom stereocenters. The lowest BCUT2D eigenvalue weighted by molar-refractivity contribution is -0.368. The fourth-order valence-corrected chi connectivity index (χ4v) is 10.3. The third-order valence-corrected chi connectivity index (χ3v) is 15.4. The highest BCUT2D eigenvalue weighted by atomic mass is 19.4. The fourth-order valence-electron chi connectivity index (χ4n) is 10.3. The molecule has 6 rings (SSSR count). The number of aliphatic hydroxyl groups is 1. The maximum absolute atomic E-state index is 13.7. The molecule has 0 aliphatic heterocycles. The van der Waals surface area contributed by atoms with Gasteiger partial charge in [0.1, 0.15) is 13.4 Å². The molecule has 0 unspecified atom stereocenters. The first-order valence-corrected chi connectivity index (χ1v) is 27.3. The van der Waals surface area contributed by atoms with Crippen LogP contribution in [-0.4, -0.2) is 77.5 Å². The van der Waals surface area contributed by atoms with E-state index < -0.39 is 53.5 Å². The lowest BCUT2D eigenvalue weighted by Crippen LogP contribution is -2.58. The quantitative estimate of drug-likeness (QED) is 0.0388. The molecule has 0 bridgehead atoms. The van der Waals surface area contributed by atoms with Crippen molar-refractivity contribution in [1.29, 1.82) is 0 Å². The summed E-state index contributed by atoms with van der Waals surface area (Å²) in [5.41, 5.74) is 1.27. The fraction of sp³-hybridized carbons (Fsp3) is 0.394. The molecule has 4 aromatic carbocycles. The smallest absolute Gasteiger partial charge is 0.438 e. The standard InChI is InChI=1S/C34H37F6NO2.C31H29F6NO3.CO2/c1-7-10-25-11-16-30(41-21-25)29-15-14-28(20-24(29)5)31(8-2,9-3)27-13-12-26(23(4)19-27)17-18-32(33(35,36)37,34(38,39)40)43-22-42-6;1-5-28(6-2,25-10-11-26(21(4)16-25)27-12-7-22(17-38-27)18-41-19-39)24-9-8-23(20(3)15-24)13-14-29(40,30(32,33)34)31(35,36)37;2-1-3/h11-16,19-21H,7-10,22H2,1-6H3;7-12,15-17,19,40H,5-6,18H2,1-4H3;. The number of aryl methyl sites for hydroxylation is 5. The van der Waals surface area contributed by atoms with Crippen LogP contribution in [0.15, 0.2) is 109 Å². The lowest BCUT2D eigenvalue weighted by Gasteiger charge is -2.34. The van der Waals surface area contributed by atoms with Gasteiger partial charge in [-0.2, -0.15) is 62.3 Å². The Morgan fingerprint density at radius 1 is 0.517 bits per heavy atom. The molecule has 2 heterocycles. The summed E-state index contributed by atoms with van der Waals surface area (Å²) in [5, 5.41) is 9.38. The summed E-state index contributed by atoms with van der Waals surface area (Å²) < 4.78 is 174. The number of hydrogen-bond acceptors (Lipinski definition) is 9. The molecule has 2 aromatic heterocycles. The van der Waals surface area contributed by atoms with Gasteiger partial charge >= 0.3 is 42.1 Å². The lowest BCUT2D eigenvalue weighted by atomic mass is 9.69. The molecule has 1 N–H and O–H groups in total. The second-order valence-electron chi connectivity index (χ2n) is 20.5. The zero-order valence-electron chi connectivity index (χ0n) is 49.5. The molecule has 9 nitrogen and oxygen atoms in total. The van der Waals surface area contributed by atoms with E-state index in [1.165, 1.54) is 23.6 Å². The Hall–Kier alpha value is -7.81. The van der Waals surface area contributed by atoms with Crippen molar-refractivity contribution in [2.24, 2.45) is 0 Å².